The molecule has 9 heavy (non-hydrogen) atoms. The molecule has 0 bridgehead atoms. The van der Waals surface area contributed by atoms with Crippen molar-refractivity contribution in [3.05, 3.63) is 11.6 Å². The van der Waals surface area contributed by atoms with Gasteiger partial charge in [-0.15, -0.1) is 0 Å². The van der Waals surface area contributed by atoms with Gasteiger partial charge in [-0.1, -0.05) is 25.1 Å². The topological polar surface area (TPSA) is 34.1 Å². The van der Waals surface area contributed by atoms with Gasteiger partial charge in [0.05, 0.1) is 5.75 Å². The minimum atomic E-state index is -2.95. The van der Waals surface area contributed by atoms with Crippen molar-refractivity contribution < 1.29 is 8.42 Å². The van der Waals surface area contributed by atoms with Gasteiger partial charge in [0.25, 0.3) is 0 Å². The maximum Gasteiger partial charge on any atom is 0.155 e. The molecule has 2 nitrogen and oxygen atoms in total. The lowest BCUT2D eigenvalue weighted by Crippen LogP contribution is -2.07. The van der Waals surface area contributed by atoms with Crippen molar-refractivity contribution in [3.8, 4) is 0 Å². The molecule has 54 valence electrons. The molecular weight excluding hydrogens is 160 g/mol. The summed E-state index contributed by atoms with van der Waals surface area (Å²) < 4.78 is 21.3. The Kier molecular flexibility index (Phi) is 3.22. The molecule has 0 aromatic carbocycles. The van der Waals surface area contributed by atoms with Gasteiger partial charge in [-0.3, -0.25) is 0 Å². The van der Waals surface area contributed by atoms with Crippen molar-refractivity contribution in [2.24, 2.45) is 0 Å². The molecule has 0 fully saturated rings. The minimum absolute atomic E-state index is 0.106. The molecule has 0 unspecified atom stereocenters. The van der Waals surface area contributed by atoms with E-state index in [-0.39, 0.29) is 16.5 Å². The fourth-order valence-corrected chi connectivity index (χ4v) is 1.52. The van der Waals surface area contributed by atoms with Crippen LogP contribution in [-0.2, 0) is 9.84 Å². The van der Waals surface area contributed by atoms with Gasteiger partial charge in [-0.05, 0) is 0 Å². The van der Waals surface area contributed by atoms with Crippen LogP contribution < -0.4 is 0 Å². The molecular formula is C5H9ClO2S. The summed E-state index contributed by atoms with van der Waals surface area (Å²) in [5, 5.41) is 0.178. The van der Waals surface area contributed by atoms with Gasteiger partial charge in [-0.2, -0.15) is 0 Å². The van der Waals surface area contributed by atoms with Gasteiger partial charge in [0.15, 0.2) is 9.84 Å². The molecule has 0 aliphatic heterocycles. The summed E-state index contributed by atoms with van der Waals surface area (Å²) in [6.45, 7) is 4.85. The SMILES string of the molecule is C=C(Cl)CS(=O)(=O)CC. The molecule has 0 aromatic rings. The van der Waals surface area contributed by atoms with Crippen LogP contribution in [0.5, 0.6) is 0 Å². The first kappa shape index (κ1) is 8.98. The number of halogens is 1. The molecule has 0 aromatic heterocycles. The summed E-state index contributed by atoms with van der Waals surface area (Å²) in [6.07, 6.45) is 0. The summed E-state index contributed by atoms with van der Waals surface area (Å²) >= 11 is 5.27. The van der Waals surface area contributed by atoms with Crippen LogP contribution in [0, 0.1) is 0 Å². The third kappa shape index (κ3) is 4.48. The predicted octanol–water partition coefficient (Wildman–Crippen LogP) is 1.17. The summed E-state index contributed by atoms with van der Waals surface area (Å²) in [5.41, 5.74) is 0. The third-order valence-electron chi connectivity index (χ3n) is 0.816. The maximum absolute atomic E-state index is 10.7. The molecule has 0 spiro atoms. The molecule has 0 rings (SSSR count). The van der Waals surface area contributed by atoms with Gasteiger partial charge >= 0.3 is 0 Å². The van der Waals surface area contributed by atoms with E-state index in [0.717, 1.165) is 0 Å². The second-order valence-corrected chi connectivity index (χ2v) is 4.58. The monoisotopic (exact) mass is 168 g/mol. The summed E-state index contributed by atoms with van der Waals surface area (Å²) in [7, 11) is -2.95. The second-order valence-electron chi connectivity index (χ2n) is 1.69. The highest BCUT2D eigenvalue weighted by atomic mass is 35.5. The van der Waals surface area contributed by atoms with Crippen LogP contribution in [0.3, 0.4) is 0 Å². The normalized spacial score (nSPS) is 11.3. The zero-order valence-corrected chi connectivity index (χ0v) is 6.80. The molecule has 0 aliphatic rings. The maximum atomic E-state index is 10.7. The van der Waals surface area contributed by atoms with Crippen molar-refractivity contribution >= 4 is 21.4 Å². The van der Waals surface area contributed by atoms with E-state index >= 15 is 0 Å². The lowest BCUT2D eigenvalue weighted by atomic mass is 10.7. The Labute approximate surface area is 60.4 Å². The van der Waals surface area contributed by atoms with Crippen LogP contribution in [0.4, 0.5) is 0 Å². The Morgan fingerprint density at radius 3 is 2.22 bits per heavy atom. The van der Waals surface area contributed by atoms with Gasteiger partial charge in [0, 0.05) is 10.8 Å². The zero-order chi connectivity index (χ0) is 7.49. The van der Waals surface area contributed by atoms with Crippen LogP contribution in [0.2, 0.25) is 0 Å². The lowest BCUT2D eigenvalue weighted by molar-refractivity contribution is 0.600. The van der Waals surface area contributed by atoms with Gasteiger partial charge in [0.1, 0.15) is 0 Å². The number of hydrogen-bond donors (Lipinski definition) is 0. The van der Waals surface area contributed by atoms with Gasteiger partial charge in [-0.25, -0.2) is 8.42 Å². The zero-order valence-electron chi connectivity index (χ0n) is 5.22. The van der Waals surface area contributed by atoms with E-state index in [1.165, 1.54) is 0 Å². The molecule has 0 N–H and O–H groups in total. The average molecular weight is 169 g/mol. The quantitative estimate of drug-likeness (QED) is 0.634. The molecule has 4 heteroatoms. The largest absolute Gasteiger partial charge is 0.228 e. The fraction of sp³-hybridized carbons (Fsp3) is 0.600. The van der Waals surface area contributed by atoms with Crippen molar-refractivity contribution in [1.29, 1.82) is 0 Å². The standard InChI is InChI=1S/C5H9ClO2S/c1-3-9(7,8)4-5(2)6/h2-4H2,1H3. The number of hydrogen-bond acceptors (Lipinski definition) is 2. The predicted molar refractivity (Wildman–Crippen MR) is 39.3 cm³/mol. The van der Waals surface area contributed by atoms with Crippen molar-refractivity contribution in [2.45, 2.75) is 6.92 Å². The van der Waals surface area contributed by atoms with Crippen molar-refractivity contribution in [2.75, 3.05) is 11.5 Å². The lowest BCUT2D eigenvalue weighted by Gasteiger charge is -1.95. The first-order valence-corrected chi connectivity index (χ1v) is 4.71. The third-order valence-corrected chi connectivity index (χ3v) is 2.78. The van der Waals surface area contributed by atoms with E-state index in [2.05, 4.69) is 6.58 Å². The Bertz CT molecular complexity index is 193. The van der Waals surface area contributed by atoms with Gasteiger partial charge < -0.3 is 0 Å². The number of sulfone groups is 1. The highest BCUT2D eigenvalue weighted by Crippen LogP contribution is 2.02. The molecule has 0 radical (unpaired) electrons. The molecule has 0 aliphatic carbocycles. The number of rotatable bonds is 3. The van der Waals surface area contributed by atoms with Crippen LogP contribution >= 0.6 is 11.6 Å². The van der Waals surface area contributed by atoms with E-state index in [4.69, 9.17) is 11.6 Å². The van der Waals surface area contributed by atoms with E-state index in [1.54, 1.807) is 6.92 Å². The van der Waals surface area contributed by atoms with Crippen LogP contribution in [0.1, 0.15) is 6.92 Å². The highest BCUT2D eigenvalue weighted by Gasteiger charge is 2.06. The molecule has 0 saturated carbocycles. The summed E-state index contributed by atoms with van der Waals surface area (Å²) in [6, 6.07) is 0. The average Bonchev–Trinajstić information content (AvgIpc) is 1.63. The van der Waals surface area contributed by atoms with Crippen molar-refractivity contribution in [3.63, 3.8) is 0 Å². The first-order valence-electron chi connectivity index (χ1n) is 2.51. The Balaban J connectivity index is 4.06. The second kappa shape index (κ2) is 3.22. The Hall–Kier alpha value is -0.0200. The van der Waals surface area contributed by atoms with E-state index in [9.17, 15) is 8.42 Å². The van der Waals surface area contributed by atoms with E-state index in [0.29, 0.717) is 0 Å². The molecule has 0 amide bonds. The van der Waals surface area contributed by atoms with Crippen LogP contribution in [-0.4, -0.2) is 19.9 Å². The highest BCUT2D eigenvalue weighted by molar-refractivity contribution is 7.91. The molecule has 0 heterocycles. The molecule has 0 saturated heterocycles. The van der Waals surface area contributed by atoms with E-state index < -0.39 is 9.84 Å². The molecule has 0 atom stereocenters. The van der Waals surface area contributed by atoms with E-state index in [1.807, 2.05) is 0 Å². The summed E-state index contributed by atoms with van der Waals surface area (Å²) in [5.74, 6) is 0.0177. The van der Waals surface area contributed by atoms with Crippen LogP contribution in [0.25, 0.3) is 0 Å². The van der Waals surface area contributed by atoms with Crippen LogP contribution in [0.15, 0.2) is 11.6 Å². The minimum Gasteiger partial charge on any atom is -0.228 e. The van der Waals surface area contributed by atoms with Gasteiger partial charge in [0.2, 0.25) is 0 Å². The Morgan fingerprint density at radius 1 is 1.67 bits per heavy atom. The smallest absolute Gasteiger partial charge is 0.155 e. The summed E-state index contributed by atoms with van der Waals surface area (Å²) in [4.78, 5) is 0. The Morgan fingerprint density at radius 2 is 2.11 bits per heavy atom. The van der Waals surface area contributed by atoms with Crippen molar-refractivity contribution in [1.82, 2.24) is 0 Å². The first-order chi connectivity index (χ1) is 3.98. The fourth-order valence-electron chi connectivity index (χ4n) is 0.341.